The monoisotopic (exact) mass is 353 g/mol. The predicted molar refractivity (Wildman–Crippen MR) is 92.9 cm³/mol. The van der Waals surface area contributed by atoms with E-state index in [4.69, 9.17) is 15.2 Å². The van der Waals surface area contributed by atoms with Gasteiger partial charge < -0.3 is 20.3 Å². The number of aromatic nitrogens is 1. The molecule has 1 aromatic rings. The highest BCUT2D eigenvalue weighted by atomic mass is 16.6. The zero-order chi connectivity index (χ0) is 19.4. The fourth-order valence-electron chi connectivity index (χ4n) is 1.77. The summed E-state index contributed by atoms with van der Waals surface area (Å²) >= 11 is 0. The number of carbonyl (C=O) groups is 2. The first-order chi connectivity index (χ1) is 11.3. The number of amides is 1. The van der Waals surface area contributed by atoms with E-state index < -0.39 is 35.4 Å². The molecule has 140 valence electrons. The van der Waals surface area contributed by atoms with Crippen LogP contribution < -0.4 is 11.1 Å². The first kappa shape index (κ1) is 20.9. The molecule has 1 rings (SSSR count). The van der Waals surface area contributed by atoms with Crippen molar-refractivity contribution in [2.75, 3.05) is 5.32 Å². The number of nitrogens with one attached hydrogen (secondary N) is 1. The van der Waals surface area contributed by atoms with Crippen LogP contribution in [0.2, 0.25) is 0 Å². The van der Waals surface area contributed by atoms with Crippen molar-refractivity contribution in [2.24, 2.45) is 5.73 Å². The Morgan fingerprint density at radius 1 is 1.12 bits per heavy atom. The van der Waals surface area contributed by atoms with E-state index >= 15 is 0 Å². The Balaban J connectivity index is 2.72. The van der Waals surface area contributed by atoms with Gasteiger partial charge in [-0.1, -0.05) is 6.07 Å². The van der Waals surface area contributed by atoms with Gasteiger partial charge >= 0.3 is 12.1 Å². The average Bonchev–Trinajstić information content (AvgIpc) is 2.42. The van der Waals surface area contributed by atoms with Gasteiger partial charge in [0.05, 0.1) is 0 Å². The number of pyridine rings is 1. The molecule has 0 unspecified atom stereocenters. The molecule has 0 aliphatic heterocycles. The van der Waals surface area contributed by atoms with E-state index in [0.717, 1.165) is 0 Å². The van der Waals surface area contributed by atoms with Gasteiger partial charge in [-0.15, -0.1) is 0 Å². The van der Waals surface area contributed by atoms with Crippen LogP contribution in [0, 0.1) is 0 Å². The number of hydrogen-bond acceptors (Lipinski definition) is 7. The molecule has 0 spiro atoms. The van der Waals surface area contributed by atoms with E-state index in [1.165, 1.54) is 18.3 Å². The molecule has 4 N–H and O–H groups in total. The van der Waals surface area contributed by atoms with Gasteiger partial charge in [0, 0.05) is 11.8 Å². The summed E-state index contributed by atoms with van der Waals surface area (Å²) in [6.07, 6.45) is -0.599. The summed E-state index contributed by atoms with van der Waals surface area (Å²) in [4.78, 5) is 27.6. The van der Waals surface area contributed by atoms with Gasteiger partial charge in [-0.25, -0.2) is 9.78 Å². The Hall–Kier alpha value is -2.19. The predicted octanol–water partition coefficient (Wildman–Crippen LogP) is 2.13. The molecule has 25 heavy (non-hydrogen) atoms. The van der Waals surface area contributed by atoms with Crippen LogP contribution in [0.4, 0.5) is 10.6 Å². The molecule has 1 amide bonds. The fraction of sp³-hybridized carbons (Fsp3) is 0.588. The number of hydrogen-bond donors (Lipinski definition) is 3. The molecule has 0 aromatic carbocycles. The van der Waals surface area contributed by atoms with Crippen molar-refractivity contribution >= 4 is 17.9 Å². The van der Waals surface area contributed by atoms with Gasteiger partial charge in [0.2, 0.25) is 0 Å². The normalized spacial score (nSPS) is 14.4. The molecule has 0 aliphatic rings. The fourth-order valence-corrected chi connectivity index (χ4v) is 1.77. The lowest BCUT2D eigenvalue weighted by atomic mass is 10.0. The number of ether oxygens (including phenoxy) is 2. The SMILES string of the molecule is CC(C)(C)OC(=O)Nc1ccc([C@@H](O)[C@H](N)C(=O)OC(C)(C)C)cn1. The van der Waals surface area contributed by atoms with E-state index in [1.807, 2.05) is 0 Å². The number of rotatable bonds is 4. The third-order valence-corrected chi connectivity index (χ3v) is 2.78. The number of anilines is 1. The number of esters is 1. The molecule has 0 aliphatic carbocycles. The Morgan fingerprint density at radius 3 is 2.12 bits per heavy atom. The third-order valence-electron chi connectivity index (χ3n) is 2.78. The van der Waals surface area contributed by atoms with E-state index in [2.05, 4.69) is 10.3 Å². The molecule has 0 fully saturated rings. The molecule has 8 heteroatoms. The largest absolute Gasteiger partial charge is 0.459 e. The maximum atomic E-state index is 11.9. The van der Waals surface area contributed by atoms with Crippen molar-refractivity contribution in [3.05, 3.63) is 23.9 Å². The van der Waals surface area contributed by atoms with Crippen molar-refractivity contribution in [1.29, 1.82) is 0 Å². The second-order valence-corrected chi connectivity index (χ2v) is 7.61. The Kier molecular flexibility index (Phi) is 6.50. The van der Waals surface area contributed by atoms with Crippen molar-refractivity contribution in [3.8, 4) is 0 Å². The topological polar surface area (TPSA) is 124 Å². The van der Waals surface area contributed by atoms with Crippen LogP contribution in [-0.4, -0.2) is 39.4 Å². The second kappa shape index (κ2) is 7.79. The van der Waals surface area contributed by atoms with Gasteiger partial charge in [0.25, 0.3) is 0 Å². The van der Waals surface area contributed by atoms with Crippen molar-refractivity contribution in [1.82, 2.24) is 4.98 Å². The highest BCUT2D eigenvalue weighted by Gasteiger charge is 2.29. The molecule has 0 saturated carbocycles. The molecule has 1 aromatic heterocycles. The standard InChI is InChI=1S/C17H27N3O5/c1-16(2,3)24-14(22)12(18)13(21)10-7-8-11(19-9-10)20-15(23)25-17(4,5)6/h7-9,12-13,21H,18H2,1-6H3,(H,19,20,23)/t12-,13+/m0/s1. The Labute approximate surface area is 147 Å². The quantitative estimate of drug-likeness (QED) is 0.708. The van der Waals surface area contributed by atoms with E-state index in [0.29, 0.717) is 5.56 Å². The zero-order valence-electron chi connectivity index (χ0n) is 15.5. The lowest BCUT2D eigenvalue weighted by Crippen LogP contribution is -2.41. The number of aliphatic hydroxyl groups excluding tert-OH is 1. The molecule has 0 saturated heterocycles. The molecule has 0 bridgehead atoms. The van der Waals surface area contributed by atoms with Crippen LogP contribution in [0.1, 0.15) is 53.2 Å². The number of aliphatic hydroxyl groups is 1. The lowest BCUT2D eigenvalue weighted by Gasteiger charge is -2.24. The van der Waals surface area contributed by atoms with Crippen LogP contribution in [0.15, 0.2) is 18.3 Å². The summed E-state index contributed by atoms with van der Waals surface area (Å²) in [5, 5.41) is 12.7. The summed E-state index contributed by atoms with van der Waals surface area (Å²) < 4.78 is 10.3. The Morgan fingerprint density at radius 2 is 1.68 bits per heavy atom. The minimum atomic E-state index is -1.28. The zero-order valence-corrected chi connectivity index (χ0v) is 15.5. The van der Waals surface area contributed by atoms with E-state index in [9.17, 15) is 14.7 Å². The first-order valence-electron chi connectivity index (χ1n) is 7.91. The summed E-state index contributed by atoms with van der Waals surface area (Å²) in [5.74, 6) is -0.466. The molecule has 2 atom stereocenters. The first-order valence-corrected chi connectivity index (χ1v) is 7.91. The van der Waals surface area contributed by atoms with Crippen LogP contribution in [0.25, 0.3) is 0 Å². The molecular weight excluding hydrogens is 326 g/mol. The molecule has 1 heterocycles. The van der Waals surface area contributed by atoms with Crippen LogP contribution in [0.5, 0.6) is 0 Å². The third kappa shape index (κ3) is 7.49. The van der Waals surface area contributed by atoms with Crippen LogP contribution in [-0.2, 0) is 14.3 Å². The number of nitrogens with zero attached hydrogens (tertiary/aromatic N) is 1. The van der Waals surface area contributed by atoms with Crippen molar-refractivity contribution < 1.29 is 24.2 Å². The van der Waals surface area contributed by atoms with E-state index in [1.54, 1.807) is 41.5 Å². The smallest absolute Gasteiger partial charge is 0.413 e. The van der Waals surface area contributed by atoms with Crippen LogP contribution in [0.3, 0.4) is 0 Å². The van der Waals surface area contributed by atoms with Crippen molar-refractivity contribution in [2.45, 2.75) is 64.9 Å². The lowest BCUT2D eigenvalue weighted by molar-refractivity contribution is -0.159. The summed E-state index contributed by atoms with van der Waals surface area (Å²) in [5.41, 5.74) is 4.75. The minimum absolute atomic E-state index is 0.246. The summed E-state index contributed by atoms with van der Waals surface area (Å²) in [6, 6.07) is 1.74. The van der Waals surface area contributed by atoms with Gasteiger partial charge in [-0.2, -0.15) is 0 Å². The van der Waals surface area contributed by atoms with E-state index in [-0.39, 0.29) is 5.82 Å². The summed E-state index contributed by atoms with van der Waals surface area (Å²) in [6.45, 7) is 10.4. The highest BCUT2D eigenvalue weighted by Crippen LogP contribution is 2.19. The van der Waals surface area contributed by atoms with Gasteiger partial charge in [-0.3, -0.25) is 10.1 Å². The highest BCUT2D eigenvalue weighted by molar-refractivity contribution is 5.83. The minimum Gasteiger partial charge on any atom is -0.459 e. The number of nitrogens with two attached hydrogens (primary N) is 1. The summed E-state index contributed by atoms with van der Waals surface area (Å²) in [7, 11) is 0. The molecule has 0 radical (unpaired) electrons. The molecule has 8 nitrogen and oxygen atoms in total. The average molecular weight is 353 g/mol. The van der Waals surface area contributed by atoms with Gasteiger partial charge in [0.15, 0.2) is 0 Å². The van der Waals surface area contributed by atoms with Crippen LogP contribution >= 0.6 is 0 Å². The molecular formula is C17H27N3O5. The Bertz CT molecular complexity index is 602. The van der Waals surface area contributed by atoms with Gasteiger partial charge in [-0.05, 0) is 47.6 Å². The maximum Gasteiger partial charge on any atom is 0.413 e. The maximum absolute atomic E-state index is 11.9. The van der Waals surface area contributed by atoms with Crippen molar-refractivity contribution in [3.63, 3.8) is 0 Å². The second-order valence-electron chi connectivity index (χ2n) is 7.61. The number of carbonyl (C=O) groups excluding carboxylic acids is 2. The van der Waals surface area contributed by atoms with Gasteiger partial charge in [0.1, 0.15) is 29.2 Å².